The van der Waals surface area contributed by atoms with Gasteiger partial charge in [0.25, 0.3) is 0 Å². The molecule has 0 aliphatic carbocycles. The second kappa shape index (κ2) is 6.95. The number of methoxy groups -OCH3 is 1. The van der Waals surface area contributed by atoms with Crippen molar-refractivity contribution in [1.82, 2.24) is 0 Å². The number of carboxylic acid groups (broad SMARTS) is 1. The summed E-state index contributed by atoms with van der Waals surface area (Å²) in [5.74, 6) is -0.559. The minimum Gasteiger partial charge on any atom is -0.497 e. The predicted molar refractivity (Wildman–Crippen MR) is 79.9 cm³/mol. The van der Waals surface area contributed by atoms with Crippen LogP contribution in [-0.4, -0.2) is 18.2 Å². The molecule has 7 heteroatoms. The molecule has 0 spiro atoms. The van der Waals surface area contributed by atoms with Crippen molar-refractivity contribution in [3.05, 3.63) is 53.6 Å². The molecular weight excluding hydrogens is 329 g/mol. The smallest absolute Gasteiger partial charge is 0.417 e. The van der Waals surface area contributed by atoms with Crippen LogP contribution in [0, 0.1) is 0 Å². The molecule has 0 fully saturated rings. The van der Waals surface area contributed by atoms with Crippen LogP contribution in [0.3, 0.4) is 0 Å². The van der Waals surface area contributed by atoms with Crippen molar-refractivity contribution in [3.8, 4) is 5.75 Å². The van der Waals surface area contributed by atoms with Crippen LogP contribution >= 0.6 is 11.8 Å². The highest BCUT2D eigenvalue weighted by molar-refractivity contribution is 7.99. The van der Waals surface area contributed by atoms with Gasteiger partial charge in [0, 0.05) is 9.79 Å². The molecule has 0 bridgehead atoms. The van der Waals surface area contributed by atoms with Crippen molar-refractivity contribution in [3.63, 3.8) is 0 Å². The normalized spacial score (nSPS) is 11.3. The summed E-state index contributed by atoms with van der Waals surface area (Å²) in [5, 5.41) is 8.72. The molecular formula is C16H13F3O3S. The first-order valence-corrected chi connectivity index (χ1v) is 7.35. The van der Waals surface area contributed by atoms with Crippen molar-refractivity contribution in [2.45, 2.75) is 22.4 Å². The third-order valence-electron chi connectivity index (χ3n) is 2.99. The topological polar surface area (TPSA) is 46.5 Å². The lowest BCUT2D eigenvalue weighted by molar-refractivity contribution is -0.140. The van der Waals surface area contributed by atoms with Crippen molar-refractivity contribution < 1.29 is 27.8 Å². The van der Waals surface area contributed by atoms with E-state index in [1.165, 1.54) is 19.2 Å². The summed E-state index contributed by atoms with van der Waals surface area (Å²) in [6.45, 7) is 0. The molecule has 0 aliphatic heterocycles. The summed E-state index contributed by atoms with van der Waals surface area (Å²) in [4.78, 5) is 11.3. The molecule has 23 heavy (non-hydrogen) atoms. The van der Waals surface area contributed by atoms with E-state index in [1.807, 2.05) is 0 Å². The zero-order valence-corrected chi connectivity index (χ0v) is 12.9. The van der Waals surface area contributed by atoms with Gasteiger partial charge in [-0.15, -0.1) is 0 Å². The van der Waals surface area contributed by atoms with Gasteiger partial charge in [0.2, 0.25) is 0 Å². The minimum atomic E-state index is -4.55. The molecule has 122 valence electrons. The van der Waals surface area contributed by atoms with E-state index < -0.39 is 24.1 Å². The molecule has 0 radical (unpaired) electrons. The number of rotatable bonds is 5. The Morgan fingerprint density at radius 2 is 1.83 bits per heavy atom. The Balaban J connectivity index is 2.34. The number of alkyl halides is 3. The highest BCUT2D eigenvalue weighted by atomic mass is 32.2. The first-order chi connectivity index (χ1) is 10.8. The van der Waals surface area contributed by atoms with Crippen molar-refractivity contribution in [2.75, 3.05) is 7.11 Å². The fraction of sp³-hybridized carbons (Fsp3) is 0.188. The summed E-state index contributed by atoms with van der Waals surface area (Å²) < 4.78 is 44.6. The van der Waals surface area contributed by atoms with Crippen LogP contribution in [0.4, 0.5) is 13.2 Å². The van der Waals surface area contributed by atoms with Crippen LogP contribution in [0.5, 0.6) is 5.75 Å². The van der Waals surface area contributed by atoms with Crippen LogP contribution < -0.4 is 4.74 Å². The van der Waals surface area contributed by atoms with Gasteiger partial charge in [-0.1, -0.05) is 17.8 Å². The van der Waals surface area contributed by atoms with Gasteiger partial charge in [0.15, 0.2) is 0 Å². The van der Waals surface area contributed by atoms with E-state index in [4.69, 9.17) is 9.84 Å². The number of halogens is 3. The fourth-order valence-electron chi connectivity index (χ4n) is 1.94. The molecule has 2 aromatic rings. The number of aliphatic carboxylic acids is 1. The van der Waals surface area contributed by atoms with Crippen molar-refractivity contribution in [1.29, 1.82) is 0 Å². The quantitative estimate of drug-likeness (QED) is 0.869. The van der Waals surface area contributed by atoms with E-state index in [-0.39, 0.29) is 10.5 Å². The first-order valence-electron chi connectivity index (χ1n) is 6.53. The monoisotopic (exact) mass is 342 g/mol. The van der Waals surface area contributed by atoms with Gasteiger partial charge in [-0.25, -0.2) is 0 Å². The van der Waals surface area contributed by atoms with Gasteiger partial charge < -0.3 is 9.84 Å². The van der Waals surface area contributed by atoms with E-state index in [0.29, 0.717) is 10.6 Å². The zero-order valence-electron chi connectivity index (χ0n) is 12.1. The van der Waals surface area contributed by atoms with Crippen LogP contribution in [0.2, 0.25) is 0 Å². The lowest BCUT2D eigenvalue weighted by atomic mass is 10.1. The lowest BCUT2D eigenvalue weighted by Gasteiger charge is -2.14. The summed E-state index contributed by atoms with van der Waals surface area (Å²) in [7, 11) is 1.51. The Kier molecular flexibility index (Phi) is 5.20. The van der Waals surface area contributed by atoms with Crippen LogP contribution in [0.1, 0.15) is 11.1 Å². The number of carbonyl (C=O) groups is 1. The number of carboxylic acids is 1. The molecule has 0 saturated carbocycles. The molecule has 2 aromatic carbocycles. The SMILES string of the molecule is COc1ccc(Sc2ccc(CC(=O)O)cc2C(F)(F)F)cc1. The standard InChI is InChI=1S/C16H13F3O3S/c1-22-11-3-5-12(6-4-11)23-14-7-2-10(9-15(20)21)8-13(14)16(17,18)19/h2-8H,9H2,1H3,(H,20,21). The van der Waals surface area contributed by atoms with Gasteiger partial charge in [-0.3, -0.25) is 4.79 Å². The van der Waals surface area contributed by atoms with Crippen molar-refractivity contribution >= 4 is 17.7 Å². The highest BCUT2D eigenvalue weighted by Gasteiger charge is 2.34. The maximum atomic E-state index is 13.2. The third-order valence-corrected chi connectivity index (χ3v) is 4.08. The predicted octanol–water partition coefficient (Wildman–Crippen LogP) is 4.49. The van der Waals surface area contributed by atoms with E-state index in [9.17, 15) is 18.0 Å². The van der Waals surface area contributed by atoms with Crippen molar-refractivity contribution in [2.24, 2.45) is 0 Å². The third kappa shape index (κ3) is 4.66. The number of benzene rings is 2. The fourth-order valence-corrected chi connectivity index (χ4v) is 2.89. The Hall–Kier alpha value is -2.15. The molecule has 3 nitrogen and oxygen atoms in total. The molecule has 0 aliphatic rings. The van der Waals surface area contributed by atoms with Crippen LogP contribution in [0.15, 0.2) is 52.3 Å². The average Bonchev–Trinajstić information content (AvgIpc) is 2.48. The van der Waals surface area contributed by atoms with Crippen LogP contribution in [-0.2, 0) is 17.4 Å². The van der Waals surface area contributed by atoms with E-state index in [1.54, 1.807) is 24.3 Å². The Bertz CT molecular complexity index is 697. The Morgan fingerprint density at radius 1 is 1.17 bits per heavy atom. The summed E-state index contributed by atoms with van der Waals surface area (Å²) in [5.41, 5.74) is -0.721. The van der Waals surface area contributed by atoms with E-state index in [2.05, 4.69) is 0 Å². The number of ether oxygens (including phenoxy) is 1. The van der Waals surface area contributed by atoms with Gasteiger partial charge in [-0.05, 0) is 42.0 Å². The lowest BCUT2D eigenvalue weighted by Crippen LogP contribution is -2.09. The van der Waals surface area contributed by atoms with E-state index in [0.717, 1.165) is 17.8 Å². The summed E-state index contributed by atoms with van der Waals surface area (Å²) >= 11 is 0.965. The van der Waals surface area contributed by atoms with Gasteiger partial charge in [0.05, 0.1) is 19.1 Å². The molecule has 1 N–H and O–H groups in total. The first kappa shape index (κ1) is 17.2. The van der Waals surface area contributed by atoms with Crippen LogP contribution in [0.25, 0.3) is 0 Å². The second-order valence-electron chi connectivity index (χ2n) is 4.68. The van der Waals surface area contributed by atoms with E-state index >= 15 is 0 Å². The largest absolute Gasteiger partial charge is 0.497 e. The molecule has 0 amide bonds. The number of hydrogen-bond donors (Lipinski definition) is 1. The highest BCUT2D eigenvalue weighted by Crippen LogP contribution is 2.40. The number of hydrogen-bond acceptors (Lipinski definition) is 3. The Labute approximate surface area is 135 Å². The second-order valence-corrected chi connectivity index (χ2v) is 5.79. The molecule has 0 saturated heterocycles. The zero-order chi connectivity index (χ0) is 17.0. The van der Waals surface area contributed by atoms with Gasteiger partial charge >= 0.3 is 12.1 Å². The van der Waals surface area contributed by atoms with Gasteiger partial charge in [0.1, 0.15) is 5.75 Å². The minimum absolute atomic E-state index is 0.0248. The molecule has 0 heterocycles. The Morgan fingerprint density at radius 3 is 2.35 bits per heavy atom. The van der Waals surface area contributed by atoms with Gasteiger partial charge in [-0.2, -0.15) is 13.2 Å². The maximum Gasteiger partial charge on any atom is 0.417 e. The maximum absolute atomic E-state index is 13.2. The molecule has 0 atom stereocenters. The molecule has 2 rings (SSSR count). The molecule has 0 unspecified atom stereocenters. The average molecular weight is 342 g/mol. The molecule has 0 aromatic heterocycles. The summed E-state index contributed by atoms with van der Waals surface area (Å²) in [6, 6.07) is 10.2. The summed E-state index contributed by atoms with van der Waals surface area (Å²) in [6.07, 6.45) is -5.00.